The van der Waals surface area contributed by atoms with Gasteiger partial charge in [-0.1, -0.05) is 12.1 Å². The van der Waals surface area contributed by atoms with Crippen LogP contribution >= 0.6 is 0 Å². The highest BCUT2D eigenvalue weighted by atomic mass is 16.2. The number of amides is 2. The number of rotatable bonds is 7. The van der Waals surface area contributed by atoms with E-state index in [-0.39, 0.29) is 11.8 Å². The Morgan fingerprint density at radius 3 is 1.92 bits per heavy atom. The Bertz CT molecular complexity index is 1640. The second-order valence-corrected chi connectivity index (χ2v) is 9.69. The number of carbonyl (C=O) groups is 2. The van der Waals surface area contributed by atoms with Crippen LogP contribution < -0.4 is 20.4 Å². The molecule has 2 amide bonds. The number of nitrogens with zero attached hydrogens (tertiary/aromatic N) is 3. The summed E-state index contributed by atoms with van der Waals surface area (Å²) in [6.07, 6.45) is 0. The molecule has 0 radical (unpaired) electrons. The summed E-state index contributed by atoms with van der Waals surface area (Å²) in [6.45, 7) is 0. The summed E-state index contributed by atoms with van der Waals surface area (Å²) in [6, 6.07) is 28.0. The molecular formula is C31H30N6O2. The number of fused-ring (bicyclic) bond motifs is 1. The number of benzene rings is 4. The Morgan fingerprint density at radius 2 is 1.26 bits per heavy atom. The monoisotopic (exact) mass is 518 g/mol. The lowest BCUT2D eigenvalue weighted by Gasteiger charge is -2.13. The zero-order chi connectivity index (χ0) is 27.5. The second-order valence-electron chi connectivity index (χ2n) is 9.69. The Balaban J connectivity index is 1.31. The molecule has 0 saturated carbocycles. The number of aromatic amines is 1. The predicted octanol–water partition coefficient (Wildman–Crippen LogP) is 5.87. The fraction of sp³-hybridized carbons (Fsp3) is 0.129. The first kappa shape index (κ1) is 25.5. The largest absolute Gasteiger partial charge is 0.378 e. The molecule has 0 aliphatic carbocycles. The van der Waals surface area contributed by atoms with E-state index in [1.165, 1.54) is 0 Å². The molecule has 1 aromatic heterocycles. The minimum atomic E-state index is -0.200. The third kappa shape index (κ3) is 5.75. The van der Waals surface area contributed by atoms with E-state index in [9.17, 15) is 9.59 Å². The van der Waals surface area contributed by atoms with Crippen LogP contribution in [0, 0.1) is 0 Å². The molecule has 0 fully saturated rings. The molecule has 5 aromatic rings. The van der Waals surface area contributed by atoms with E-state index in [0.717, 1.165) is 28.1 Å². The van der Waals surface area contributed by atoms with Crippen molar-refractivity contribution in [2.24, 2.45) is 0 Å². The van der Waals surface area contributed by atoms with Crippen molar-refractivity contribution in [3.05, 3.63) is 102 Å². The standard InChI is InChI=1S/C31H30N6O2/c1-36(2)25-13-8-20(9-14-25)30(38)33-24-12-17-27-28(19-24)35-29(34-27)21-6-5-7-22(18-21)31(39)32-23-10-15-26(16-11-23)37(3)4/h5-19H,1-4H3,(H,32,39)(H,33,38)(H,34,35). The zero-order valence-electron chi connectivity index (χ0n) is 22.3. The van der Waals surface area contributed by atoms with Gasteiger partial charge in [-0.2, -0.15) is 0 Å². The first-order valence-corrected chi connectivity index (χ1v) is 12.5. The molecule has 196 valence electrons. The van der Waals surface area contributed by atoms with E-state index >= 15 is 0 Å². The van der Waals surface area contributed by atoms with Gasteiger partial charge in [0.2, 0.25) is 0 Å². The maximum atomic E-state index is 12.9. The number of carbonyl (C=O) groups excluding carboxylic acids is 2. The van der Waals surface area contributed by atoms with Gasteiger partial charge in [-0.05, 0) is 78.9 Å². The van der Waals surface area contributed by atoms with Crippen LogP contribution in [0.1, 0.15) is 20.7 Å². The highest BCUT2D eigenvalue weighted by molar-refractivity contribution is 6.06. The molecule has 3 N–H and O–H groups in total. The molecule has 0 bridgehead atoms. The predicted molar refractivity (Wildman–Crippen MR) is 159 cm³/mol. The van der Waals surface area contributed by atoms with Gasteiger partial charge in [0.1, 0.15) is 5.82 Å². The topological polar surface area (TPSA) is 93.4 Å². The van der Waals surface area contributed by atoms with Crippen LogP contribution in [0.4, 0.5) is 22.7 Å². The Morgan fingerprint density at radius 1 is 0.667 bits per heavy atom. The van der Waals surface area contributed by atoms with Gasteiger partial charge in [-0.3, -0.25) is 9.59 Å². The van der Waals surface area contributed by atoms with Crippen molar-refractivity contribution in [1.82, 2.24) is 9.97 Å². The highest BCUT2D eigenvalue weighted by Crippen LogP contribution is 2.25. The number of H-pyrrole nitrogens is 1. The molecule has 0 unspecified atom stereocenters. The summed E-state index contributed by atoms with van der Waals surface area (Å²) in [5.41, 5.74) is 6.88. The molecule has 8 nitrogen and oxygen atoms in total. The number of nitrogens with one attached hydrogen (secondary N) is 3. The van der Waals surface area contributed by atoms with Crippen molar-refractivity contribution >= 4 is 45.6 Å². The lowest BCUT2D eigenvalue weighted by Crippen LogP contribution is -2.13. The average Bonchev–Trinajstić information content (AvgIpc) is 3.37. The minimum absolute atomic E-state index is 0.189. The van der Waals surface area contributed by atoms with Crippen molar-refractivity contribution in [3.63, 3.8) is 0 Å². The van der Waals surface area contributed by atoms with Crippen LogP contribution in [0.25, 0.3) is 22.4 Å². The van der Waals surface area contributed by atoms with E-state index in [0.29, 0.717) is 28.2 Å². The van der Waals surface area contributed by atoms with Crippen LogP contribution in [-0.4, -0.2) is 50.0 Å². The average molecular weight is 519 g/mol. The lowest BCUT2D eigenvalue weighted by atomic mass is 10.1. The van der Waals surface area contributed by atoms with Crippen molar-refractivity contribution in [3.8, 4) is 11.4 Å². The fourth-order valence-electron chi connectivity index (χ4n) is 4.19. The van der Waals surface area contributed by atoms with Gasteiger partial charge in [-0.15, -0.1) is 0 Å². The molecule has 39 heavy (non-hydrogen) atoms. The third-order valence-corrected chi connectivity index (χ3v) is 6.43. The first-order valence-electron chi connectivity index (χ1n) is 12.5. The van der Waals surface area contributed by atoms with Crippen LogP contribution in [0.5, 0.6) is 0 Å². The lowest BCUT2D eigenvalue weighted by molar-refractivity contribution is 0.101. The SMILES string of the molecule is CN(C)c1ccc(NC(=O)c2cccc(-c3nc4cc(NC(=O)c5ccc(N(C)C)cc5)ccc4[nH]3)c2)cc1. The van der Waals surface area contributed by atoms with Crippen molar-refractivity contribution in [2.75, 3.05) is 48.6 Å². The molecule has 0 spiro atoms. The Labute approximate surface area is 227 Å². The Kier molecular flexibility index (Phi) is 7.01. The van der Waals surface area contributed by atoms with E-state index in [4.69, 9.17) is 4.98 Å². The molecule has 0 aliphatic heterocycles. The van der Waals surface area contributed by atoms with E-state index in [2.05, 4.69) is 15.6 Å². The van der Waals surface area contributed by atoms with Gasteiger partial charge in [0, 0.05) is 67.6 Å². The summed E-state index contributed by atoms with van der Waals surface area (Å²) in [7, 11) is 7.86. The normalized spacial score (nSPS) is 10.8. The van der Waals surface area contributed by atoms with Gasteiger partial charge in [0.05, 0.1) is 11.0 Å². The fourth-order valence-corrected chi connectivity index (χ4v) is 4.19. The summed E-state index contributed by atoms with van der Waals surface area (Å²) in [5, 5.41) is 5.89. The van der Waals surface area contributed by atoms with Crippen molar-refractivity contribution in [2.45, 2.75) is 0 Å². The molecule has 1 heterocycles. The van der Waals surface area contributed by atoms with Crippen LogP contribution in [0.2, 0.25) is 0 Å². The van der Waals surface area contributed by atoms with Gasteiger partial charge in [0.25, 0.3) is 11.8 Å². The van der Waals surface area contributed by atoms with Crippen molar-refractivity contribution in [1.29, 1.82) is 0 Å². The number of hydrogen-bond donors (Lipinski definition) is 3. The smallest absolute Gasteiger partial charge is 0.255 e. The van der Waals surface area contributed by atoms with Crippen molar-refractivity contribution < 1.29 is 9.59 Å². The van der Waals surface area contributed by atoms with E-state index < -0.39 is 0 Å². The maximum absolute atomic E-state index is 12.9. The minimum Gasteiger partial charge on any atom is -0.378 e. The summed E-state index contributed by atoms with van der Waals surface area (Å²) in [5.74, 6) is 0.248. The molecule has 8 heteroatoms. The van der Waals surface area contributed by atoms with Crippen LogP contribution in [-0.2, 0) is 0 Å². The van der Waals surface area contributed by atoms with Crippen LogP contribution in [0.15, 0.2) is 91.0 Å². The quantitative estimate of drug-likeness (QED) is 0.251. The Hall–Kier alpha value is -5.11. The highest BCUT2D eigenvalue weighted by Gasteiger charge is 2.12. The number of hydrogen-bond acceptors (Lipinski definition) is 5. The van der Waals surface area contributed by atoms with Crippen LogP contribution in [0.3, 0.4) is 0 Å². The van der Waals surface area contributed by atoms with E-state index in [1.54, 1.807) is 24.3 Å². The number of aromatic nitrogens is 2. The van der Waals surface area contributed by atoms with Gasteiger partial charge in [-0.25, -0.2) is 4.98 Å². The van der Waals surface area contributed by atoms with Gasteiger partial charge in [0.15, 0.2) is 0 Å². The molecule has 0 atom stereocenters. The van der Waals surface area contributed by atoms with Gasteiger partial charge >= 0.3 is 0 Å². The molecule has 0 saturated heterocycles. The third-order valence-electron chi connectivity index (χ3n) is 6.43. The first-order chi connectivity index (χ1) is 18.8. The summed E-state index contributed by atoms with van der Waals surface area (Å²) in [4.78, 5) is 37.7. The molecular weight excluding hydrogens is 488 g/mol. The van der Waals surface area contributed by atoms with E-state index in [1.807, 2.05) is 105 Å². The summed E-state index contributed by atoms with van der Waals surface area (Å²) < 4.78 is 0. The zero-order valence-corrected chi connectivity index (χ0v) is 22.3. The number of imidazole rings is 1. The number of anilines is 4. The molecule has 5 rings (SSSR count). The molecule has 4 aromatic carbocycles. The molecule has 0 aliphatic rings. The maximum Gasteiger partial charge on any atom is 0.255 e. The summed E-state index contributed by atoms with van der Waals surface area (Å²) >= 11 is 0. The van der Waals surface area contributed by atoms with Gasteiger partial charge < -0.3 is 25.4 Å². The second kappa shape index (κ2) is 10.7.